The van der Waals surface area contributed by atoms with E-state index in [0.717, 1.165) is 5.06 Å². The third kappa shape index (κ3) is 2.96. The Morgan fingerprint density at radius 1 is 1.31 bits per heavy atom. The van der Waals surface area contributed by atoms with Crippen LogP contribution in [0.4, 0.5) is 10.5 Å². The Kier molecular flexibility index (Phi) is 3.84. The van der Waals surface area contributed by atoms with Crippen LogP contribution in [0.1, 0.15) is 10.4 Å². The van der Waals surface area contributed by atoms with Crippen molar-refractivity contribution in [2.75, 3.05) is 19.5 Å². The lowest BCUT2D eigenvalue weighted by molar-refractivity contribution is -0.0756. The maximum atomic E-state index is 11.6. The van der Waals surface area contributed by atoms with E-state index < -0.39 is 6.09 Å². The quantitative estimate of drug-likeness (QED) is 0.761. The van der Waals surface area contributed by atoms with Crippen LogP contribution in [-0.2, 0) is 4.84 Å². The summed E-state index contributed by atoms with van der Waals surface area (Å²) in [6, 6.07) is 6.04. The first-order chi connectivity index (χ1) is 7.54. The van der Waals surface area contributed by atoms with Crippen molar-refractivity contribution in [2.24, 2.45) is 0 Å². The highest BCUT2D eigenvalue weighted by molar-refractivity contribution is 5.94. The molecule has 0 aliphatic heterocycles. The molecular weight excluding hydrogens is 212 g/mol. The second-order valence-electron chi connectivity index (χ2n) is 2.99. The van der Waals surface area contributed by atoms with E-state index in [0.29, 0.717) is 11.3 Å². The minimum absolute atomic E-state index is 0.302. The molecule has 0 atom stereocenters. The minimum Gasteiger partial charge on any atom is -0.465 e. The molecule has 2 N–H and O–H groups in total. The average Bonchev–Trinajstić information content (AvgIpc) is 2.27. The summed E-state index contributed by atoms with van der Waals surface area (Å²) >= 11 is 0. The summed E-state index contributed by atoms with van der Waals surface area (Å²) in [7, 11) is 2.88. The second-order valence-corrected chi connectivity index (χ2v) is 2.99. The van der Waals surface area contributed by atoms with E-state index in [9.17, 15) is 9.59 Å². The van der Waals surface area contributed by atoms with Gasteiger partial charge < -0.3 is 5.11 Å². The van der Waals surface area contributed by atoms with Gasteiger partial charge in [0.2, 0.25) is 0 Å². The van der Waals surface area contributed by atoms with E-state index in [1.165, 1.54) is 38.4 Å². The first-order valence-corrected chi connectivity index (χ1v) is 4.46. The maximum absolute atomic E-state index is 11.6. The van der Waals surface area contributed by atoms with E-state index in [4.69, 9.17) is 9.94 Å². The highest BCUT2D eigenvalue weighted by Gasteiger charge is 2.10. The van der Waals surface area contributed by atoms with Gasteiger partial charge in [0.1, 0.15) is 0 Å². The average molecular weight is 224 g/mol. The van der Waals surface area contributed by atoms with Crippen molar-refractivity contribution in [1.29, 1.82) is 0 Å². The van der Waals surface area contributed by atoms with Gasteiger partial charge in [0.15, 0.2) is 0 Å². The predicted molar refractivity (Wildman–Crippen MR) is 57.2 cm³/mol. The maximum Gasteiger partial charge on any atom is 0.409 e. The van der Waals surface area contributed by atoms with Crippen LogP contribution in [0, 0.1) is 0 Å². The zero-order chi connectivity index (χ0) is 12.1. The molecule has 86 valence electrons. The van der Waals surface area contributed by atoms with E-state index in [1.54, 1.807) is 0 Å². The molecule has 0 unspecified atom stereocenters. The molecule has 6 nitrogen and oxygen atoms in total. The van der Waals surface area contributed by atoms with E-state index in [2.05, 4.69) is 5.32 Å². The molecule has 1 rings (SSSR count). The largest absolute Gasteiger partial charge is 0.465 e. The minimum atomic E-state index is -1.15. The van der Waals surface area contributed by atoms with Crippen LogP contribution in [0.15, 0.2) is 24.3 Å². The van der Waals surface area contributed by atoms with Gasteiger partial charge in [0.05, 0.1) is 7.11 Å². The predicted octanol–water partition coefficient (Wildman–Crippen LogP) is 1.41. The standard InChI is InChI=1S/C10H12N2O4/c1-12(16-2)9(13)7-3-5-8(6-4-7)11-10(14)15/h3-6,11H,1-2H3,(H,14,15). The Bertz CT molecular complexity index is 388. The zero-order valence-corrected chi connectivity index (χ0v) is 8.93. The molecule has 1 aromatic rings. The van der Waals surface area contributed by atoms with Crippen molar-refractivity contribution < 1.29 is 19.5 Å². The summed E-state index contributed by atoms with van der Waals surface area (Å²) in [5, 5.41) is 11.7. The van der Waals surface area contributed by atoms with Gasteiger partial charge in [-0.1, -0.05) is 0 Å². The zero-order valence-electron chi connectivity index (χ0n) is 8.93. The number of carbonyl (C=O) groups is 2. The summed E-state index contributed by atoms with van der Waals surface area (Å²) in [6.45, 7) is 0. The molecule has 6 heteroatoms. The third-order valence-electron chi connectivity index (χ3n) is 1.94. The number of hydrogen-bond donors (Lipinski definition) is 2. The summed E-state index contributed by atoms with van der Waals surface area (Å²) in [4.78, 5) is 26.6. The molecule has 0 spiro atoms. The van der Waals surface area contributed by atoms with Gasteiger partial charge in [0, 0.05) is 18.3 Å². The first kappa shape index (κ1) is 12.0. The van der Waals surface area contributed by atoms with Crippen LogP contribution in [0.2, 0.25) is 0 Å². The van der Waals surface area contributed by atoms with Gasteiger partial charge in [-0.3, -0.25) is 14.9 Å². The van der Waals surface area contributed by atoms with E-state index in [-0.39, 0.29) is 5.91 Å². The second kappa shape index (κ2) is 5.13. The Morgan fingerprint density at radius 2 is 1.88 bits per heavy atom. The molecule has 0 heterocycles. The normalized spacial score (nSPS) is 9.62. The molecule has 0 fully saturated rings. The molecule has 0 saturated heterocycles. The van der Waals surface area contributed by atoms with Crippen molar-refractivity contribution in [2.45, 2.75) is 0 Å². The van der Waals surface area contributed by atoms with Crippen LogP contribution in [0.5, 0.6) is 0 Å². The monoisotopic (exact) mass is 224 g/mol. The molecule has 0 radical (unpaired) electrons. The van der Waals surface area contributed by atoms with Crippen molar-refractivity contribution in [3.8, 4) is 0 Å². The van der Waals surface area contributed by atoms with Gasteiger partial charge in [-0.05, 0) is 24.3 Å². The summed E-state index contributed by atoms with van der Waals surface area (Å²) < 4.78 is 0. The fourth-order valence-electron chi connectivity index (χ4n) is 1.08. The fourth-order valence-corrected chi connectivity index (χ4v) is 1.08. The molecule has 1 aromatic carbocycles. The molecule has 16 heavy (non-hydrogen) atoms. The molecule has 2 amide bonds. The van der Waals surface area contributed by atoms with Crippen molar-refractivity contribution in [3.63, 3.8) is 0 Å². The number of carbonyl (C=O) groups excluding carboxylic acids is 1. The highest BCUT2D eigenvalue weighted by atomic mass is 16.7. The lowest BCUT2D eigenvalue weighted by Gasteiger charge is -2.13. The van der Waals surface area contributed by atoms with E-state index >= 15 is 0 Å². The smallest absolute Gasteiger partial charge is 0.409 e. The summed E-state index contributed by atoms with van der Waals surface area (Å²) in [6.07, 6.45) is -1.15. The number of rotatable bonds is 3. The molecule has 0 aliphatic rings. The van der Waals surface area contributed by atoms with Gasteiger partial charge in [0.25, 0.3) is 5.91 Å². The number of carboxylic acid groups (broad SMARTS) is 1. The number of amides is 2. The summed E-state index contributed by atoms with van der Waals surface area (Å²) in [5.74, 6) is -0.302. The van der Waals surface area contributed by atoms with E-state index in [1.807, 2.05) is 0 Å². The van der Waals surface area contributed by atoms with Crippen molar-refractivity contribution in [1.82, 2.24) is 5.06 Å². The Morgan fingerprint density at radius 3 is 2.31 bits per heavy atom. The van der Waals surface area contributed by atoms with Crippen LogP contribution in [0.25, 0.3) is 0 Å². The lowest BCUT2D eigenvalue weighted by atomic mass is 10.2. The number of hydroxylamine groups is 2. The Hall–Kier alpha value is -2.08. The lowest BCUT2D eigenvalue weighted by Crippen LogP contribution is -2.25. The number of benzene rings is 1. The number of anilines is 1. The molecule has 0 aromatic heterocycles. The molecular formula is C10H12N2O4. The van der Waals surface area contributed by atoms with Crippen LogP contribution < -0.4 is 5.32 Å². The van der Waals surface area contributed by atoms with Crippen LogP contribution in [-0.4, -0.2) is 36.3 Å². The fraction of sp³-hybridized carbons (Fsp3) is 0.200. The molecule has 0 aliphatic carbocycles. The van der Waals surface area contributed by atoms with Crippen LogP contribution >= 0.6 is 0 Å². The molecule has 0 saturated carbocycles. The van der Waals surface area contributed by atoms with Gasteiger partial charge in [-0.2, -0.15) is 0 Å². The van der Waals surface area contributed by atoms with Gasteiger partial charge >= 0.3 is 6.09 Å². The Labute approximate surface area is 92.4 Å². The van der Waals surface area contributed by atoms with Crippen LogP contribution in [0.3, 0.4) is 0 Å². The van der Waals surface area contributed by atoms with Crippen molar-refractivity contribution in [3.05, 3.63) is 29.8 Å². The van der Waals surface area contributed by atoms with Crippen molar-refractivity contribution >= 4 is 17.7 Å². The topological polar surface area (TPSA) is 78.9 Å². The number of nitrogens with zero attached hydrogens (tertiary/aromatic N) is 1. The number of nitrogens with one attached hydrogen (secondary N) is 1. The Balaban J connectivity index is 2.78. The van der Waals surface area contributed by atoms with Gasteiger partial charge in [-0.25, -0.2) is 9.86 Å². The SMILES string of the molecule is CON(C)C(=O)c1ccc(NC(=O)O)cc1. The number of hydrogen-bond acceptors (Lipinski definition) is 3. The highest BCUT2D eigenvalue weighted by Crippen LogP contribution is 2.10. The summed E-state index contributed by atoms with van der Waals surface area (Å²) in [5.41, 5.74) is 0.824. The van der Waals surface area contributed by atoms with Gasteiger partial charge in [-0.15, -0.1) is 0 Å². The molecule has 0 bridgehead atoms. The first-order valence-electron chi connectivity index (χ1n) is 4.46. The third-order valence-corrected chi connectivity index (χ3v) is 1.94.